The Labute approximate surface area is 111 Å². The fraction of sp³-hybridized carbons (Fsp3) is 0.385. The standard InChI is InChI=1S/C13H16ClN3O/c1-9(2)7-12-16-13(18-17-12)8-15-11-5-3-10(14)4-6-11/h3-6,9,15H,7-8H2,1-2H3. The minimum atomic E-state index is 0.521. The topological polar surface area (TPSA) is 51.0 Å². The molecular formula is C13H16ClN3O. The van der Waals surface area contributed by atoms with Crippen LogP contribution in [0.4, 0.5) is 5.69 Å². The van der Waals surface area contributed by atoms with Gasteiger partial charge in [-0.25, -0.2) is 0 Å². The molecule has 0 saturated carbocycles. The van der Waals surface area contributed by atoms with Crippen molar-refractivity contribution in [3.8, 4) is 0 Å². The molecule has 4 nitrogen and oxygen atoms in total. The third kappa shape index (κ3) is 3.74. The van der Waals surface area contributed by atoms with E-state index in [1.165, 1.54) is 0 Å². The number of hydrogen-bond acceptors (Lipinski definition) is 4. The van der Waals surface area contributed by atoms with Gasteiger partial charge in [-0.05, 0) is 30.2 Å². The van der Waals surface area contributed by atoms with Gasteiger partial charge >= 0.3 is 0 Å². The van der Waals surface area contributed by atoms with Gasteiger partial charge in [0.1, 0.15) is 0 Å². The first-order valence-electron chi connectivity index (χ1n) is 5.94. The summed E-state index contributed by atoms with van der Waals surface area (Å²) < 4.78 is 5.16. The Hall–Kier alpha value is -1.55. The Morgan fingerprint density at radius 3 is 2.67 bits per heavy atom. The molecule has 0 spiro atoms. The molecule has 2 rings (SSSR count). The average molecular weight is 266 g/mol. The van der Waals surface area contributed by atoms with Crippen LogP contribution in [0.5, 0.6) is 0 Å². The molecule has 0 radical (unpaired) electrons. The Bertz CT molecular complexity index is 493. The fourth-order valence-electron chi connectivity index (χ4n) is 1.56. The van der Waals surface area contributed by atoms with Crippen LogP contribution >= 0.6 is 11.6 Å². The lowest BCUT2D eigenvalue weighted by Gasteiger charge is -2.02. The lowest BCUT2D eigenvalue weighted by molar-refractivity contribution is 0.375. The third-order valence-corrected chi connectivity index (χ3v) is 2.64. The highest BCUT2D eigenvalue weighted by Crippen LogP contribution is 2.14. The zero-order valence-electron chi connectivity index (χ0n) is 10.5. The van der Waals surface area contributed by atoms with Crippen LogP contribution < -0.4 is 5.32 Å². The average Bonchev–Trinajstić information content (AvgIpc) is 2.75. The normalized spacial score (nSPS) is 10.9. The number of hydrogen-bond donors (Lipinski definition) is 1. The number of nitrogens with zero attached hydrogens (tertiary/aromatic N) is 2. The molecule has 0 aliphatic carbocycles. The van der Waals surface area contributed by atoms with E-state index in [0.717, 1.165) is 23.0 Å². The van der Waals surface area contributed by atoms with E-state index in [0.29, 0.717) is 18.4 Å². The monoisotopic (exact) mass is 265 g/mol. The quantitative estimate of drug-likeness (QED) is 0.898. The lowest BCUT2D eigenvalue weighted by Crippen LogP contribution is -2.00. The number of benzene rings is 1. The van der Waals surface area contributed by atoms with Gasteiger partial charge in [-0.15, -0.1) is 0 Å². The summed E-state index contributed by atoms with van der Waals surface area (Å²) >= 11 is 5.81. The molecule has 1 aromatic carbocycles. The van der Waals surface area contributed by atoms with Gasteiger partial charge < -0.3 is 9.84 Å². The van der Waals surface area contributed by atoms with Crippen molar-refractivity contribution in [2.45, 2.75) is 26.8 Å². The number of halogens is 1. The fourth-order valence-corrected chi connectivity index (χ4v) is 1.68. The number of nitrogens with one attached hydrogen (secondary N) is 1. The number of rotatable bonds is 5. The molecule has 0 fully saturated rings. The molecule has 2 aromatic rings. The minimum Gasteiger partial charge on any atom is -0.376 e. The van der Waals surface area contributed by atoms with E-state index >= 15 is 0 Å². The first kappa shape index (κ1) is 12.9. The first-order chi connectivity index (χ1) is 8.63. The van der Waals surface area contributed by atoms with Crippen molar-refractivity contribution in [3.05, 3.63) is 41.0 Å². The van der Waals surface area contributed by atoms with Crippen molar-refractivity contribution in [1.29, 1.82) is 0 Å². The SMILES string of the molecule is CC(C)Cc1noc(CNc2ccc(Cl)cc2)n1. The first-order valence-corrected chi connectivity index (χ1v) is 6.32. The van der Waals surface area contributed by atoms with Crippen molar-refractivity contribution in [2.24, 2.45) is 5.92 Å². The zero-order valence-corrected chi connectivity index (χ0v) is 11.2. The highest BCUT2D eigenvalue weighted by atomic mass is 35.5. The molecule has 0 amide bonds. The van der Waals surface area contributed by atoms with Crippen molar-refractivity contribution in [1.82, 2.24) is 10.1 Å². The van der Waals surface area contributed by atoms with Crippen LogP contribution in [-0.2, 0) is 13.0 Å². The maximum Gasteiger partial charge on any atom is 0.245 e. The van der Waals surface area contributed by atoms with Gasteiger partial charge in [0, 0.05) is 17.1 Å². The second kappa shape index (κ2) is 5.87. The van der Waals surface area contributed by atoms with Gasteiger partial charge in [-0.3, -0.25) is 0 Å². The van der Waals surface area contributed by atoms with Crippen LogP contribution in [0.25, 0.3) is 0 Å². The van der Waals surface area contributed by atoms with E-state index in [4.69, 9.17) is 16.1 Å². The molecule has 0 saturated heterocycles. The molecule has 1 heterocycles. The van der Waals surface area contributed by atoms with Crippen molar-refractivity contribution < 1.29 is 4.52 Å². The summed E-state index contributed by atoms with van der Waals surface area (Å²) in [5, 5.41) is 7.86. The summed E-state index contributed by atoms with van der Waals surface area (Å²) in [6.45, 7) is 4.77. The second-order valence-corrected chi connectivity index (χ2v) is 5.00. The van der Waals surface area contributed by atoms with Gasteiger partial charge in [0.25, 0.3) is 0 Å². The molecule has 0 bridgehead atoms. The van der Waals surface area contributed by atoms with Gasteiger partial charge in [0.15, 0.2) is 5.82 Å². The van der Waals surface area contributed by atoms with Crippen LogP contribution in [0, 0.1) is 5.92 Å². The molecule has 18 heavy (non-hydrogen) atoms. The molecule has 0 aliphatic heterocycles. The van der Waals surface area contributed by atoms with Crippen LogP contribution in [0.15, 0.2) is 28.8 Å². The maximum absolute atomic E-state index is 5.81. The van der Waals surface area contributed by atoms with Gasteiger partial charge in [0.2, 0.25) is 5.89 Å². The summed E-state index contributed by atoms with van der Waals surface area (Å²) in [7, 11) is 0. The van der Waals surface area contributed by atoms with Crippen LogP contribution in [-0.4, -0.2) is 10.1 Å². The lowest BCUT2D eigenvalue weighted by atomic mass is 10.1. The zero-order chi connectivity index (χ0) is 13.0. The molecule has 96 valence electrons. The Morgan fingerprint density at radius 2 is 2.00 bits per heavy atom. The molecule has 5 heteroatoms. The second-order valence-electron chi connectivity index (χ2n) is 4.56. The van der Waals surface area contributed by atoms with E-state index in [1.807, 2.05) is 24.3 Å². The van der Waals surface area contributed by atoms with E-state index in [9.17, 15) is 0 Å². The number of aromatic nitrogens is 2. The largest absolute Gasteiger partial charge is 0.376 e. The van der Waals surface area contributed by atoms with Crippen molar-refractivity contribution >= 4 is 17.3 Å². The van der Waals surface area contributed by atoms with Crippen LogP contribution in [0.2, 0.25) is 5.02 Å². The Morgan fingerprint density at radius 1 is 1.28 bits per heavy atom. The number of anilines is 1. The Balaban J connectivity index is 1.90. The molecule has 0 aliphatic rings. The molecule has 1 aromatic heterocycles. The van der Waals surface area contributed by atoms with E-state index in [2.05, 4.69) is 29.3 Å². The summed E-state index contributed by atoms with van der Waals surface area (Å²) in [5.41, 5.74) is 0.975. The Kier molecular flexibility index (Phi) is 4.20. The van der Waals surface area contributed by atoms with E-state index in [-0.39, 0.29) is 0 Å². The molecule has 1 N–H and O–H groups in total. The summed E-state index contributed by atoms with van der Waals surface area (Å²) in [6.07, 6.45) is 0.838. The van der Waals surface area contributed by atoms with Gasteiger partial charge in [-0.1, -0.05) is 30.6 Å². The van der Waals surface area contributed by atoms with Gasteiger partial charge in [0.05, 0.1) is 6.54 Å². The summed E-state index contributed by atoms with van der Waals surface area (Å²) in [4.78, 5) is 4.32. The molecular weight excluding hydrogens is 250 g/mol. The minimum absolute atomic E-state index is 0.521. The summed E-state index contributed by atoms with van der Waals surface area (Å²) in [6, 6.07) is 7.49. The predicted molar refractivity (Wildman–Crippen MR) is 71.6 cm³/mol. The van der Waals surface area contributed by atoms with Crippen LogP contribution in [0.1, 0.15) is 25.6 Å². The third-order valence-electron chi connectivity index (χ3n) is 2.39. The van der Waals surface area contributed by atoms with Crippen LogP contribution in [0.3, 0.4) is 0 Å². The van der Waals surface area contributed by atoms with E-state index < -0.39 is 0 Å². The predicted octanol–water partition coefficient (Wildman–Crippen LogP) is 3.53. The maximum atomic E-state index is 5.81. The molecule has 0 unspecified atom stereocenters. The summed E-state index contributed by atoms with van der Waals surface area (Å²) in [5.74, 6) is 1.89. The highest BCUT2D eigenvalue weighted by molar-refractivity contribution is 6.30. The smallest absolute Gasteiger partial charge is 0.245 e. The van der Waals surface area contributed by atoms with Crippen molar-refractivity contribution in [3.63, 3.8) is 0 Å². The van der Waals surface area contributed by atoms with E-state index in [1.54, 1.807) is 0 Å². The van der Waals surface area contributed by atoms with Gasteiger partial charge in [-0.2, -0.15) is 4.98 Å². The highest BCUT2D eigenvalue weighted by Gasteiger charge is 2.07. The van der Waals surface area contributed by atoms with Crippen molar-refractivity contribution in [2.75, 3.05) is 5.32 Å². The molecule has 0 atom stereocenters.